The third-order valence-electron chi connectivity index (χ3n) is 2.33. The highest BCUT2D eigenvalue weighted by Crippen LogP contribution is 2.12. The Kier molecular flexibility index (Phi) is 4.69. The molecule has 2 nitrogen and oxygen atoms in total. The van der Waals surface area contributed by atoms with Crippen molar-refractivity contribution in [3.05, 3.63) is 34.9 Å². The van der Waals surface area contributed by atoms with Crippen LogP contribution in [0.5, 0.6) is 0 Å². The number of carboxylic acids is 1. The Morgan fingerprint density at radius 3 is 2.67 bits per heavy atom. The van der Waals surface area contributed by atoms with Crippen molar-refractivity contribution in [3.8, 4) is 0 Å². The summed E-state index contributed by atoms with van der Waals surface area (Å²) in [5.74, 6) is 0.333. The molecule has 0 aliphatic carbocycles. The second-order valence-electron chi connectivity index (χ2n) is 3.61. The van der Waals surface area contributed by atoms with E-state index >= 15 is 0 Å². The van der Waals surface area contributed by atoms with Crippen molar-refractivity contribution >= 4 is 17.7 Å². The van der Waals surface area contributed by atoms with E-state index in [1.165, 1.54) is 28.5 Å². The third kappa shape index (κ3) is 4.38. The molecule has 0 saturated carbocycles. The smallest absolute Gasteiger partial charge is 0.313 e. The molecular formula is C12H16O2S. The summed E-state index contributed by atoms with van der Waals surface area (Å²) in [5, 5.41) is 8.47. The number of thioether (sulfide) groups is 1. The van der Waals surface area contributed by atoms with E-state index in [9.17, 15) is 4.79 Å². The number of rotatable bonds is 5. The van der Waals surface area contributed by atoms with Gasteiger partial charge in [-0.05, 0) is 42.7 Å². The number of carboxylic acid groups (broad SMARTS) is 1. The normalized spacial score (nSPS) is 10.3. The quantitative estimate of drug-likeness (QED) is 0.781. The largest absolute Gasteiger partial charge is 0.481 e. The molecule has 0 unspecified atom stereocenters. The van der Waals surface area contributed by atoms with Gasteiger partial charge in [-0.1, -0.05) is 18.2 Å². The standard InChI is InChI=1S/C12H16O2S/c1-9-3-4-11(7-10(9)2)5-6-15-8-12(13)14/h3-4,7H,5-6,8H2,1-2H3,(H,13,14). The molecule has 1 aromatic rings. The molecular weight excluding hydrogens is 208 g/mol. The van der Waals surface area contributed by atoms with Gasteiger partial charge in [0.2, 0.25) is 0 Å². The zero-order valence-corrected chi connectivity index (χ0v) is 9.93. The second kappa shape index (κ2) is 5.81. The Hall–Kier alpha value is -0.960. The Morgan fingerprint density at radius 2 is 2.07 bits per heavy atom. The summed E-state index contributed by atoms with van der Waals surface area (Å²) in [6, 6.07) is 6.41. The monoisotopic (exact) mass is 224 g/mol. The van der Waals surface area contributed by atoms with Crippen LogP contribution in [0.4, 0.5) is 0 Å². The van der Waals surface area contributed by atoms with Crippen LogP contribution in [-0.4, -0.2) is 22.6 Å². The second-order valence-corrected chi connectivity index (χ2v) is 4.72. The first-order valence-corrected chi connectivity index (χ1v) is 6.10. The summed E-state index contributed by atoms with van der Waals surface area (Å²) in [7, 11) is 0. The lowest BCUT2D eigenvalue weighted by molar-refractivity contribution is -0.133. The fourth-order valence-electron chi connectivity index (χ4n) is 1.31. The van der Waals surface area contributed by atoms with E-state index in [4.69, 9.17) is 5.11 Å². The molecule has 0 aliphatic heterocycles. The zero-order valence-electron chi connectivity index (χ0n) is 9.12. The first-order chi connectivity index (χ1) is 7.09. The van der Waals surface area contributed by atoms with E-state index in [2.05, 4.69) is 32.0 Å². The number of aryl methyl sites for hydroxylation is 3. The number of hydrogen-bond acceptors (Lipinski definition) is 2. The number of hydrogen-bond donors (Lipinski definition) is 1. The Balaban J connectivity index is 2.38. The van der Waals surface area contributed by atoms with Gasteiger partial charge in [-0.3, -0.25) is 4.79 Å². The molecule has 82 valence electrons. The molecule has 0 atom stereocenters. The molecule has 0 radical (unpaired) electrons. The average Bonchev–Trinajstić information content (AvgIpc) is 2.18. The van der Waals surface area contributed by atoms with Gasteiger partial charge >= 0.3 is 5.97 Å². The molecule has 3 heteroatoms. The van der Waals surface area contributed by atoms with E-state index in [-0.39, 0.29) is 5.75 Å². The van der Waals surface area contributed by atoms with Gasteiger partial charge in [0.25, 0.3) is 0 Å². The van der Waals surface area contributed by atoms with E-state index in [0.717, 1.165) is 12.2 Å². The van der Waals surface area contributed by atoms with Crippen LogP contribution in [0, 0.1) is 13.8 Å². The van der Waals surface area contributed by atoms with E-state index in [0.29, 0.717) is 0 Å². The molecule has 0 aromatic heterocycles. The van der Waals surface area contributed by atoms with Crippen LogP contribution in [-0.2, 0) is 11.2 Å². The SMILES string of the molecule is Cc1ccc(CCSCC(=O)O)cc1C. The lowest BCUT2D eigenvalue weighted by Crippen LogP contribution is -2.00. The van der Waals surface area contributed by atoms with Gasteiger partial charge in [0.1, 0.15) is 0 Å². The molecule has 1 rings (SSSR count). The van der Waals surface area contributed by atoms with E-state index in [1.807, 2.05) is 0 Å². The minimum atomic E-state index is -0.736. The molecule has 1 N–H and O–H groups in total. The minimum Gasteiger partial charge on any atom is -0.481 e. The van der Waals surface area contributed by atoms with Gasteiger partial charge in [0.05, 0.1) is 5.75 Å². The Bertz CT molecular complexity index is 347. The zero-order chi connectivity index (χ0) is 11.3. The molecule has 0 aliphatic rings. The fraction of sp³-hybridized carbons (Fsp3) is 0.417. The summed E-state index contributed by atoms with van der Waals surface area (Å²) in [5.41, 5.74) is 3.89. The highest BCUT2D eigenvalue weighted by Gasteiger charge is 1.99. The predicted octanol–water partition coefficient (Wildman–Crippen LogP) is 2.66. The molecule has 1 aromatic carbocycles. The Labute approximate surface area is 94.7 Å². The van der Waals surface area contributed by atoms with Crippen molar-refractivity contribution < 1.29 is 9.90 Å². The van der Waals surface area contributed by atoms with Crippen LogP contribution >= 0.6 is 11.8 Å². The van der Waals surface area contributed by atoms with Gasteiger partial charge in [0.15, 0.2) is 0 Å². The van der Waals surface area contributed by atoms with Crippen molar-refractivity contribution in [2.24, 2.45) is 0 Å². The molecule has 0 spiro atoms. The first kappa shape index (κ1) is 12.1. The van der Waals surface area contributed by atoms with Gasteiger partial charge in [-0.2, -0.15) is 0 Å². The average molecular weight is 224 g/mol. The van der Waals surface area contributed by atoms with Gasteiger partial charge in [0, 0.05) is 0 Å². The summed E-state index contributed by atoms with van der Waals surface area (Å²) < 4.78 is 0. The van der Waals surface area contributed by atoms with Gasteiger partial charge in [-0.25, -0.2) is 0 Å². The summed E-state index contributed by atoms with van der Waals surface area (Å²) >= 11 is 1.47. The molecule has 0 fully saturated rings. The third-order valence-corrected chi connectivity index (χ3v) is 3.28. The number of carbonyl (C=O) groups is 1. The molecule has 0 amide bonds. The van der Waals surface area contributed by atoms with E-state index in [1.54, 1.807) is 0 Å². The maximum absolute atomic E-state index is 10.3. The summed E-state index contributed by atoms with van der Waals surface area (Å²) in [6.45, 7) is 4.20. The van der Waals surface area contributed by atoms with Crippen molar-refractivity contribution in [2.45, 2.75) is 20.3 Å². The topological polar surface area (TPSA) is 37.3 Å². The first-order valence-electron chi connectivity index (χ1n) is 4.95. The molecule has 15 heavy (non-hydrogen) atoms. The number of benzene rings is 1. The number of aliphatic carboxylic acids is 1. The minimum absolute atomic E-state index is 0.199. The lowest BCUT2D eigenvalue weighted by atomic mass is 10.1. The lowest BCUT2D eigenvalue weighted by Gasteiger charge is -2.04. The van der Waals surface area contributed by atoms with Crippen LogP contribution < -0.4 is 0 Å². The van der Waals surface area contributed by atoms with Crippen LogP contribution in [0.15, 0.2) is 18.2 Å². The maximum atomic E-state index is 10.3. The van der Waals surface area contributed by atoms with Crippen molar-refractivity contribution in [1.82, 2.24) is 0 Å². The maximum Gasteiger partial charge on any atom is 0.313 e. The fourth-order valence-corrected chi connectivity index (χ4v) is 2.01. The van der Waals surface area contributed by atoms with Crippen molar-refractivity contribution in [2.75, 3.05) is 11.5 Å². The van der Waals surface area contributed by atoms with E-state index < -0.39 is 5.97 Å². The summed E-state index contributed by atoms with van der Waals surface area (Å²) in [4.78, 5) is 10.3. The van der Waals surface area contributed by atoms with Crippen LogP contribution in [0.3, 0.4) is 0 Å². The molecule has 0 saturated heterocycles. The van der Waals surface area contributed by atoms with Crippen LogP contribution in [0.1, 0.15) is 16.7 Å². The Morgan fingerprint density at radius 1 is 1.33 bits per heavy atom. The van der Waals surface area contributed by atoms with Crippen molar-refractivity contribution in [3.63, 3.8) is 0 Å². The molecule has 0 bridgehead atoms. The summed E-state index contributed by atoms with van der Waals surface area (Å²) in [6.07, 6.45) is 0.944. The van der Waals surface area contributed by atoms with Gasteiger partial charge in [-0.15, -0.1) is 11.8 Å². The van der Waals surface area contributed by atoms with Crippen LogP contribution in [0.25, 0.3) is 0 Å². The highest BCUT2D eigenvalue weighted by atomic mass is 32.2. The van der Waals surface area contributed by atoms with Gasteiger partial charge < -0.3 is 5.11 Å². The molecule has 0 heterocycles. The highest BCUT2D eigenvalue weighted by molar-refractivity contribution is 7.99. The predicted molar refractivity (Wildman–Crippen MR) is 64.6 cm³/mol. The van der Waals surface area contributed by atoms with Crippen LogP contribution in [0.2, 0.25) is 0 Å². The van der Waals surface area contributed by atoms with Crippen molar-refractivity contribution in [1.29, 1.82) is 0 Å².